The first-order chi connectivity index (χ1) is 18.8. The van der Waals surface area contributed by atoms with E-state index in [4.69, 9.17) is 13.9 Å². The minimum Gasteiger partial charge on any atom is -0.497 e. The van der Waals surface area contributed by atoms with Gasteiger partial charge in [0.1, 0.15) is 23.0 Å². The number of carbonyl (C=O) groups excluding carboxylic acids is 2. The molecule has 0 spiro atoms. The molecular formula is C29H28N4O5S. The molecule has 0 bridgehead atoms. The molecule has 1 aliphatic rings. The van der Waals surface area contributed by atoms with Gasteiger partial charge in [0, 0.05) is 17.5 Å². The van der Waals surface area contributed by atoms with Crippen molar-refractivity contribution in [3.8, 4) is 17.6 Å². The van der Waals surface area contributed by atoms with E-state index in [2.05, 4.69) is 22.0 Å². The predicted molar refractivity (Wildman–Crippen MR) is 150 cm³/mol. The van der Waals surface area contributed by atoms with Crippen molar-refractivity contribution in [2.45, 2.75) is 19.8 Å². The van der Waals surface area contributed by atoms with E-state index in [-0.39, 0.29) is 17.2 Å². The number of furan rings is 1. The number of nitrogens with zero attached hydrogens (tertiary/aromatic N) is 1. The van der Waals surface area contributed by atoms with Gasteiger partial charge in [-0.05, 0) is 50.2 Å². The zero-order chi connectivity index (χ0) is 27.9. The van der Waals surface area contributed by atoms with Gasteiger partial charge < -0.3 is 29.8 Å². The molecule has 10 heteroatoms. The quantitative estimate of drug-likeness (QED) is 0.331. The van der Waals surface area contributed by atoms with E-state index >= 15 is 0 Å². The second kappa shape index (κ2) is 12.3. The van der Waals surface area contributed by atoms with E-state index in [1.165, 1.54) is 18.9 Å². The van der Waals surface area contributed by atoms with Crippen LogP contribution in [0.15, 0.2) is 87.0 Å². The summed E-state index contributed by atoms with van der Waals surface area (Å²) in [5.41, 5.74) is 2.24. The fourth-order valence-electron chi connectivity index (χ4n) is 4.19. The maximum Gasteiger partial charge on any atom is 0.254 e. The van der Waals surface area contributed by atoms with Gasteiger partial charge in [-0.3, -0.25) is 9.59 Å². The van der Waals surface area contributed by atoms with Gasteiger partial charge in [0.05, 0.1) is 53.8 Å². The molecule has 2 amide bonds. The van der Waals surface area contributed by atoms with Crippen LogP contribution in [0.1, 0.15) is 24.4 Å². The van der Waals surface area contributed by atoms with Gasteiger partial charge in [0.15, 0.2) is 0 Å². The van der Waals surface area contributed by atoms with Crippen molar-refractivity contribution in [3.05, 3.63) is 94.1 Å². The van der Waals surface area contributed by atoms with Gasteiger partial charge in [-0.2, -0.15) is 5.26 Å². The third-order valence-electron chi connectivity index (χ3n) is 5.99. The van der Waals surface area contributed by atoms with Crippen molar-refractivity contribution in [1.82, 2.24) is 5.32 Å². The maximum absolute atomic E-state index is 13.6. The average Bonchev–Trinajstić information content (AvgIpc) is 3.37. The fraction of sp³-hybridized carbons (Fsp3) is 0.207. The molecule has 0 fully saturated rings. The number of hydrogen-bond donors (Lipinski definition) is 3. The lowest BCUT2D eigenvalue weighted by Crippen LogP contribution is -2.31. The van der Waals surface area contributed by atoms with E-state index in [9.17, 15) is 14.9 Å². The number of nitrogens with one attached hydrogen (secondary N) is 3. The van der Waals surface area contributed by atoms with Gasteiger partial charge in [-0.15, -0.1) is 0 Å². The van der Waals surface area contributed by atoms with E-state index in [1.54, 1.807) is 81.6 Å². The smallest absolute Gasteiger partial charge is 0.254 e. The number of benzene rings is 2. The molecule has 0 radical (unpaired) electrons. The van der Waals surface area contributed by atoms with Crippen LogP contribution in [0.25, 0.3) is 0 Å². The van der Waals surface area contributed by atoms with Gasteiger partial charge in [-0.25, -0.2) is 0 Å². The third-order valence-corrected chi connectivity index (χ3v) is 7.01. The summed E-state index contributed by atoms with van der Waals surface area (Å²) in [6.07, 6.45) is 0. The molecule has 0 aliphatic carbocycles. The molecule has 0 saturated heterocycles. The molecule has 2 heterocycles. The first-order valence-electron chi connectivity index (χ1n) is 12.0. The van der Waals surface area contributed by atoms with Crippen LogP contribution in [-0.2, 0) is 9.59 Å². The number of anilines is 2. The Morgan fingerprint density at radius 2 is 1.85 bits per heavy atom. The number of aryl methyl sites for hydroxylation is 1. The highest BCUT2D eigenvalue weighted by Gasteiger charge is 2.37. The molecule has 200 valence electrons. The summed E-state index contributed by atoms with van der Waals surface area (Å²) in [7, 11) is 3.08. The SMILES string of the molecule is COc1cccc(NC(=O)CSC2=C(C#N)[C@H](c3ccc(C)o3)C(C(=O)Nc3ccccc3OC)=C(C)N2)c1. The van der Waals surface area contributed by atoms with Gasteiger partial charge >= 0.3 is 0 Å². The lowest BCUT2D eigenvalue weighted by molar-refractivity contribution is -0.114. The van der Waals surface area contributed by atoms with Crippen molar-refractivity contribution < 1.29 is 23.5 Å². The molecule has 9 nitrogen and oxygen atoms in total. The molecule has 3 N–H and O–H groups in total. The largest absolute Gasteiger partial charge is 0.497 e. The number of carbonyl (C=O) groups is 2. The summed E-state index contributed by atoms with van der Waals surface area (Å²) < 4.78 is 16.5. The molecule has 2 aromatic carbocycles. The fourth-order valence-corrected chi connectivity index (χ4v) is 5.09. The molecule has 0 saturated carbocycles. The lowest BCUT2D eigenvalue weighted by atomic mass is 9.85. The predicted octanol–water partition coefficient (Wildman–Crippen LogP) is 5.31. The Balaban J connectivity index is 1.61. The second-order valence-corrected chi connectivity index (χ2v) is 9.61. The van der Waals surface area contributed by atoms with Crippen LogP contribution in [0.2, 0.25) is 0 Å². The van der Waals surface area contributed by atoms with E-state index in [0.717, 1.165) is 0 Å². The number of rotatable bonds is 9. The van der Waals surface area contributed by atoms with Crippen LogP contribution in [0.4, 0.5) is 11.4 Å². The number of methoxy groups -OCH3 is 2. The molecule has 1 aromatic heterocycles. The number of amides is 2. The Hall–Kier alpha value is -4.62. The zero-order valence-corrected chi connectivity index (χ0v) is 22.8. The summed E-state index contributed by atoms with van der Waals surface area (Å²) in [6, 6.07) is 19.9. The van der Waals surface area contributed by atoms with Crippen molar-refractivity contribution in [2.24, 2.45) is 0 Å². The maximum atomic E-state index is 13.6. The highest BCUT2D eigenvalue weighted by atomic mass is 32.2. The third kappa shape index (κ3) is 6.27. The molecule has 0 unspecified atom stereocenters. The van der Waals surface area contributed by atoms with Gasteiger partial charge in [0.2, 0.25) is 5.91 Å². The minimum atomic E-state index is -0.774. The molecular weight excluding hydrogens is 516 g/mol. The standard InChI is InChI=1S/C29H28N4O5S/c1-17-12-13-24(38-17)27-21(15-30)29(39-16-25(34)32-19-8-7-9-20(14-19)36-3)31-18(2)26(27)28(35)33-22-10-5-6-11-23(22)37-4/h5-14,27,31H,16H2,1-4H3,(H,32,34)(H,33,35)/t27-/m1/s1. The van der Waals surface area contributed by atoms with Crippen LogP contribution in [0.5, 0.6) is 11.5 Å². The van der Waals surface area contributed by atoms with Crippen molar-refractivity contribution in [3.63, 3.8) is 0 Å². The summed E-state index contributed by atoms with van der Waals surface area (Å²) in [5, 5.41) is 19.6. The van der Waals surface area contributed by atoms with Crippen molar-refractivity contribution in [2.75, 3.05) is 30.6 Å². The highest BCUT2D eigenvalue weighted by molar-refractivity contribution is 8.03. The monoisotopic (exact) mass is 544 g/mol. The molecule has 3 aromatic rings. The Morgan fingerprint density at radius 1 is 1.05 bits per heavy atom. The van der Waals surface area contributed by atoms with E-state index in [1.807, 2.05) is 0 Å². The summed E-state index contributed by atoms with van der Waals surface area (Å²) in [4.78, 5) is 26.3. The molecule has 4 rings (SSSR count). The van der Waals surface area contributed by atoms with E-state index < -0.39 is 11.8 Å². The first kappa shape index (κ1) is 27.4. The van der Waals surface area contributed by atoms with Crippen LogP contribution < -0.4 is 25.4 Å². The number of para-hydroxylation sites is 2. The average molecular weight is 545 g/mol. The second-order valence-electron chi connectivity index (χ2n) is 8.62. The topological polar surface area (TPSA) is 126 Å². The van der Waals surface area contributed by atoms with Gasteiger partial charge in [-0.1, -0.05) is 30.0 Å². The van der Waals surface area contributed by atoms with E-state index in [0.29, 0.717) is 50.7 Å². The normalized spacial score (nSPS) is 14.8. The summed E-state index contributed by atoms with van der Waals surface area (Å²) in [5.74, 6) is 0.827. The lowest BCUT2D eigenvalue weighted by Gasteiger charge is -2.28. The molecule has 1 atom stereocenters. The Bertz CT molecular complexity index is 1500. The van der Waals surface area contributed by atoms with Crippen LogP contribution in [0, 0.1) is 18.3 Å². The Labute approximate surface area is 230 Å². The van der Waals surface area contributed by atoms with Crippen molar-refractivity contribution in [1.29, 1.82) is 5.26 Å². The highest BCUT2D eigenvalue weighted by Crippen LogP contribution is 2.42. The Morgan fingerprint density at radius 3 is 2.54 bits per heavy atom. The number of hydrogen-bond acceptors (Lipinski definition) is 8. The first-order valence-corrected chi connectivity index (χ1v) is 13.0. The number of allylic oxidation sites excluding steroid dienone is 2. The minimum absolute atomic E-state index is 0.0324. The van der Waals surface area contributed by atoms with Crippen LogP contribution >= 0.6 is 11.8 Å². The molecule has 39 heavy (non-hydrogen) atoms. The summed E-state index contributed by atoms with van der Waals surface area (Å²) in [6.45, 7) is 3.55. The van der Waals surface area contributed by atoms with Gasteiger partial charge in [0.25, 0.3) is 5.91 Å². The molecule has 1 aliphatic heterocycles. The van der Waals surface area contributed by atoms with Crippen LogP contribution in [0.3, 0.4) is 0 Å². The number of ether oxygens (including phenoxy) is 2. The number of nitriles is 1. The number of thioether (sulfide) groups is 1. The number of dihydropyridines is 1. The van der Waals surface area contributed by atoms with Crippen molar-refractivity contribution >= 4 is 35.0 Å². The van der Waals surface area contributed by atoms with Crippen LogP contribution in [-0.4, -0.2) is 31.8 Å². The zero-order valence-electron chi connectivity index (χ0n) is 22.0. The summed E-state index contributed by atoms with van der Waals surface area (Å²) >= 11 is 1.18. The Kier molecular flexibility index (Phi) is 8.63.